The molecular weight excluding hydrogens is 475 g/mol. The standard InChI is InChI=1S/C23H15Cl2F2N3O3/c1-13-9-16(28-33-13)12-32-29-22(17-7-6-15(26)10-20(17)27)14-5-8-21(31)30(11-14)23-18(24)3-2-4-19(23)25/h2-11H,12H2,1H3/b29-22-. The molecule has 0 saturated carbocycles. The van der Waals surface area contributed by atoms with Crippen LogP contribution in [-0.2, 0) is 11.4 Å². The highest BCUT2D eigenvalue weighted by atomic mass is 35.5. The highest BCUT2D eigenvalue weighted by molar-refractivity contribution is 6.37. The van der Waals surface area contributed by atoms with Gasteiger partial charge in [-0.3, -0.25) is 9.36 Å². The fourth-order valence-electron chi connectivity index (χ4n) is 3.11. The maximum absolute atomic E-state index is 14.7. The molecule has 6 nitrogen and oxygen atoms in total. The van der Waals surface area contributed by atoms with E-state index in [4.69, 9.17) is 32.6 Å². The molecule has 168 valence electrons. The SMILES string of the molecule is Cc1cc(CO/N=C(/c2ccc(=O)n(-c3c(Cl)cccc3Cl)c2)c2ccc(F)cc2F)no1. The van der Waals surface area contributed by atoms with Gasteiger partial charge < -0.3 is 9.36 Å². The van der Waals surface area contributed by atoms with Gasteiger partial charge in [0.2, 0.25) is 0 Å². The zero-order valence-corrected chi connectivity index (χ0v) is 18.6. The Morgan fingerprint density at radius 1 is 1.12 bits per heavy atom. The van der Waals surface area contributed by atoms with Gasteiger partial charge in [-0.15, -0.1) is 0 Å². The zero-order chi connectivity index (χ0) is 23.5. The third-order valence-corrected chi connectivity index (χ3v) is 5.20. The number of hydrogen-bond donors (Lipinski definition) is 0. The topological polar surface area (TPSA) is 69.6 Å². The fraction of sp³-hybridized carbons (Fsp3) is 0.0870. The van der Waals surface area contributed by atoms with Crippen LogP contribution in [0.25, 0.3) is 5.69 Å². The van der Waals surface area contributed by atoms with Gasteiger partial charge in [0.25, 0.3) is 5.56 Å². The lowest BCUT2D eigenvalue weighted by molar-refractivity contribution is 0.125. The lowest BCUT2D eigenvalue weighted by Gasteiger charge is -2.13. The van der Waals surface area contributed by atoms with E-state index in [9.17, 15) is 13.6 Å². The van der Waals surface area contributed by atoms with Crippen molar-refractivity contribution in [3.63, 3.8) is 0 Å². The van der Waals surface area contributed by atoms with Crippen molar-refractivity contribution >= 4 is 28.9 Å². The second kappa shape index (κ2) is 9.56. The van der Waals surface area contributed by atoms with Crippen molar-refractivity contribution in [2.75, 3.05) is 0 Å². The van der Waals surface area contributed by atoms with Crippen molar-refractivity contribution in [1.29, 1.82) is 0 Å². The van der Waals surface area contributed by atoms with E-state index in [0.29, 0.717) is 17.0 Å². The monoisotopic (exact) mass is 489 g/mol. The molecule has 0 amide bonds. The van der Waals surface area contributed by atoms with Crippen LogP contribution >= 0.6 is 23.2 Å². The van der Waals surface area contributed by atoms with Crippen molar-refractivity contribution in [1.82, 2.24) is 9.72 Å². The summed E-state index contributed by atoms with van der Waals surface area (Å²) >= 11 is 12.5. The summed E-state index contributed by atoms with van der Waals surface area (Å²) in [5.41, 5.74) is 0.584. The summed E-state index contributed by atoms with van der Waals surface area (Å²) in [5.74, 6) is -1.02. The Labute approximate surface area is 196 Å². The number of oxime groups is 1. The number of aryl methyl sites for hydroxylation is 1. The average Bonchev–Trinajstić information content (AvgIpc) is 3.18. The highest BCUT2D eigenvalue weighted by Crippen LogP contribution is 2.28. The molecule has 0 aliphatic rings. The van der Waals surface area contributed by atoms with E-state index < -0.39 is 17.2 Å². The van der Waals surface area contributed by atoms with Crippen molar-refractivity contribution < 1.29 is 18.1 Å². The summed E-state index contributed by atoms with van der Waals surface area (Å²) in [5, 5.41) is 8.35. The van der Waals surface area contributed by atoms with E-state index in [2.05, 4.69) is 10.3 Å². The molecule has 0 bridgehead atoms. The van der Waals surface area contributed by atoms with Crippen LogP contribution in [0.3, 0.4) is 0 Å². The summed E-state index contributed by atoms with van der Waals surface area (Å²) in [4.78, 5) is 18.0. The maximum Gasteiger partial charge on any atom is 0.255 e. The van der Waals surface area contributed by atoms with Gasteiger partial charge in [-0.2, -0.15) is 0 Å². The first-order valence-electron chi connectivity index (χ1n) is 9.58. The lowest BCUT2D eigenvalue weighted by Crippen LogP contribution is -2.20. The number of rotatable bonds is 6. The molecule has 2 aromatic heterocycles. The largest absolute Gasteiger partial charge is 0.389 e. The van der Waals surface area contributed by atoms with Gasteiger partial charge in [0.15, 0.2) is 6.61 Å². The van der Waals surface area contributed by atoms with Crippen molar-refractivity contribution in [2.45, 2.75) is 13.5 Å². The molecule has 4 rings (SSSR count). The minimum Gasteiger partial charge on any atom is -0.389 e. The molecule has 0 aliphatic carbocycles. The first-order valence-corrected chi connectivity index (χ1v) is 10.3. The Balaban J connectivity index is 1.81. The molecule has 0 N–H and O–H groups in total. The molecule has 33 heavy (non-hydrogen) atoms. The van der Waals surface area contributed by atoms with Crippen LogP contribution in [-0.4, -0.2) is 15.4 Å². The second-order valence-electron chi connectivity index (χ2n) is 6.96. The van der Waals surface area contributed by atoms with E-state index in [-0.39, 0.29) is 33.6 Å². The minimum atomic E-state index is -0.858. The van der Waals surface area contributed by atoms with E-state index in [1.54, 1.807) is 31.2 Å². The maximum atomic E-state index is 14.7. The Morgan fingerprint density at radius 2 is 1.88 bits per heavy atom. The normalized spacial score (nSPS) is 11.6. The molecule has 10 heteroatoms. The second-order valence-corrected chi connectivity index (χ2v) is 7.78. The number of hydrogen-bond acceptors (Lipinski definition) is 5. The van der Waals surface area contributed by atoms with E-state index in [1.165, 1.54) is 29.0 Å². The molecule has 2 heterocycles. The third kappa shape index (κ3) is 4.97. The van der Waals surface area contributed by atoms with Crippen LogP contribution in [0.2, 0.25) is 10.0 Å². The predicted molar refractivity (Wildman–Crippen MR) is 120 cm³/mol. The summed E-state index contributed by atoms with van der Waals surface area (Å²) in [6.07, 6.45) is 1.40. The van der Waals surface area contributed by atoms with Crippen LogP contribution in [0.5, 0.6) is 0 Å². The van der Waals surface area contributed by atoms with Gasteiger partial charge in [0.05, 0.1) is 15.7 Å². The Kier molecular flexibility index (Phi) is 6.57. The first-order chi connectivity index (χ1) is 15.8. The van der Waals surface area contributed by atoms with Crippen molar-refractivity contribution in [2.24, 2.45) is 5.16 Å². The number of para-hydroxylation sites is 1. The minimum absolute atomic E-state index is 0.0182. The summed E-state index contributed by atoms with van der Waals surface area (Å²) in [6.45, 7) is 1.67. The van der Waals surface area contributed by atoms with E-state index in [1.807, 2.05) is 0 Å². The number of aromatic nitrogens is 2. The number of benzene rings is 2. The average molecular weight is 490 g/mol. The van der Waals surface area contributed by atoms with Crippen LogP contribution in [0.1, 0.15) is 22.6 Å². The smallest absolute Gasteiger partial charge is 0.255 e. The molecule has 2 aromatic carbocycles. The van der Waals surface area contributed by atoms with Gasteiger partial charge in [0.1, 0.15) is 28.8 Å². The molecule has 0 radical (unpaired) electrons. The molecule has 0 fully saturated rings. The van der Waals surface area contributed by atoms with Gasteiger partial charge in [-0.25, -0.2) is 8.78 Å². The van der Waals surface area contributed by atoms with Crippen molar-refractivity contribution in [3.05, 3.63) is 115 Å². The summed E-state index contributed by atoms with van der Waals surface area (Å²) in [7, 11) is 0. The van der Waals surface area contributed by atoms with Crippen LogP contribution in [0.15, 0.2) is 75.3 Å². The molecule has 0 unspecified atom stereocenters. The van der Waals surface area contributed by atoms with Gasteiger partial charge >= 0.3 is 0 Å². The number of halogens is 4. The quantitative estimate of drug-likeness (QED) is 0.257. The third-order valence-electron chi connectivity index (χ3n) is 4.59. The predicted octanol–water partition coefficient (Wildman–Crippen LogP) is 5.69. The van der Waals surface area contributed by atoms with Gasteiger partial charge in [-0.05, 0) is 37.3 Å². The molecule has 4 aromatic rings. The van der Waals surface area contributed by atoms with E-state index in [0.717, 1.165) is 12.1 Å². The van der Waals surface area contributed by atoms with Gasteiger partial charge in [-0.1, -0.05) is 39.6 Å². The highest BCUT2D eigenvalue weighted by Gasteiger charge is 2.17. The molecule has 0 spiro atoms. The summed E-state index contributed by atoms with van der Waals surface area (Å²) < 4.78 is 34.4. The van der Waals surface area contributed by atoms with Crippen LogP contribution < -0.4 is 5.56 Å². The number of pyridine rings is 1. The molecular formula is C23H15Cl2F2N3O3. The molecule has 0 atom stereocenters. The van der Waals surface area contributed by atoms with Crippen LogP contribution in [0.4, 0.5) is 8.78 Å². The fourth-order valence-corrected chi connectivity index (χ4v) is 3.69. The Hall–Kier alpha value is -3.49. The first kappa shape index (κ1) is 22.7. The Bertz CT molecular complexity index is 1400. The molecule has 0 saturated heterocycles. The van der Waals surface area contributed by atoms with E-state index >= 15 is 0 Å². The summed E-state index contributed by atoms with van der Waals surface area (Å²) in [6, 6.07) is 12.2. The van der Waals surface area contributed by atoms with Crippen molar-refractivity contribution in [3.8, 4) is 5.69 Å². The van der Waals surface area contributed by atoms with Crippen LogP contribution in [0, 0.1) is 18.6 Å². The molecule has 0 aliphatic heterocycles. The lowest BCUT2D eigenvalue weighted by atomic mass is 10.0. The van der Waals surface area contributed by atoms with Gasteiger partial charge in [0, 0.05) is 35.5 Å². The zero-order valence-electron chi connectivity index (χ0n) is 17.1. The number of nitrogens with zero attached hydrogens (tertiary/aromatic N) is 3. The Morgan fingerprint density at radius 3 is 2.55 bits per heavy atom.